The van der Waals surface area contributed by atoms with Gasteiger partial charge in [-0.1, -0.05) is 12.5 Å². The van der Waals surface area contributed by atoms with E-state index in [0.717, 1.165) is 19.3 Å². The molecule has 2 N–H and O–H groups in total. The number of phenols is 1. The zero-order valence-electron chi connectivity index (χ0n) is 15.2. The lowest BCUT2D eigenvalue weighted by atomic mass is 10.1. The summed E-state index contributed by atoms with van der Waals surface area (Å²) in [7, 11) is -3.73. The van der Waals surface area contributed by atoms with Crippen molar-refractivity contribution < 1.29 is 27.1 Å². The van der Waals surface area contributed by atoms with E-state index < -0.39 is 38.9 Å². The lowest BCUT2D eigenvalue weighted by Gasteiger charge is -2.26. The zero-order valence-corrected chi connectivity index (χ0v) is 16.0. The van der Waals surface area contributed by atoms with E-state index in [2.05, 4.69) is 5.32 Å². The average Bonchev–Trinajstić information content (AvgIpc) is 2.63. The van der Waals surface area contributed by atoms with Crippen LogP contribution in [0.1, 0.15) is 35.2 Å². The van der Waals surface area contributed by atoms with E-state index in [0.29, 0.717) is 30.8 Å². The lowest BCUT2D eigenvalue weighted by Crippen LogP contribution is -2.36. The van der Waals surface area contributed by atoms with Crippen LogP contribution in [0.4, 0.5) is 14.5 Å². The fraction of sp³-hybridized carbons (Fsp3) is 0.316. The topological polar surface area (TPSA) is 86.7 Å². The molecule has 1 saturated heterocycles. The maximum Gasteiger partial charge on any atom is 0.262 e. The van der Waals surface area contributed by atoms with Crippen molar-refractivity contribution in [1.82, 2.24) is 4.31 Å². The minimum atomic E-state index is -3.73. The maximum absolute atomic E-state index is 13.9. The molecule has 2 aromatic rings. The second-order valence-electron chi connectivity index (χ2n) is 6.68. The van der Waals surface area contributed by atoms with Crippen molar-refractivity contribution >= 4 is 21.6 Å². The van der Waals surface area contributed by atoms with Crippen LogP contribution in [0.25, 0.3) is 0 Å². The molecule has 0 unspecified atom stereocenters. The molecule has 3 rings (SSSR count). The Kier molecular flexibility index (Phi) is 5.66. The van der Waals surface area contributed by atoms with Gasteiger partial charge in [0.25, 0.3) is 5.91 Å². The number of hydrogen-bond acceptors (Lipinski definition) is 4. The minimum absolute atomic E-state index is 0.0519. The van der Waals surface area contributed by atoms with E-state index in [1.54, 1.807) is 6.92 Å². The molecule has 9 heteroatoms. The molecule has 150 valence electrons. The Morgan fingerprint density at radius 2 is 1.79 bits per heavy atom. The number of rotatable bonds is 4. The second-order valence-corrected chi connectivity index (χ2v) is 8.59. The number of phenolic OH excluding ortho intramolecular Hbond substituents is 1. The predicted molar refractivity (Wildman–Crippen MR) is 99.8 cm³/mol. The molecule has 0 aliphatic carbocycles. The fourth-order valence-corrected chi connectivity index (χ4v) is 4.95. The summed E-state index contributed by atoms with van der Waals surface area (Å²) in [6.07, 6.45) is 2.56. The van der Waals surface area contributed by atoms with Crippen LogP contribution in [0.15, 0.2) is 35.2 Å². The van der Waals surface area contributed by atoms with Crippen molar-refractivity contribution in [2.75, 3.05) is 18.4 Å². The Hall–Kier alpha value is -2.52. The number of sulfonamides is 1. The van der Waals surface area contributed by atoms with Gasteiger partial charge in [0, 0.05) is 30.9 Å². The molecule has 28 heavy (non-hydrogen) atoms. The number of aromatic hydroxyl groups is 1. The van der Waals surface area contributed by atoms with Gasteiger partial charge in [-0.2, -0.15) is 4.31 Å². The van der Waals surface area contributed by atoms with Crippen LogP contribution in [0.3, 0.4) is 0 Å². The van der Waals surface area contributed by atoms with Gasteiger partial charge < -0.3 is 10.4 Å². The van der Waals surface area contributed by atoms with Crippen molar-refractivity contribution in [2.45, 2.75) is 31.1 Å². The number of nitrogens with one attached hydrogen (secondary N) is 1. The van der Waals surface area contributed by atoms with Crippen LogP contribution in [0, 0.1) is 18.6 Å². The van der Waals surface area contributed by atoms with E-state index in [1.165, 1.54) is 22.5 Å². The molecule has 1 amide bonds. The van der Waals surface area contributed by atoms with Gasteiger partial charge in [-0.15, -0.1) is 0 Å². The van der Waals surface area contributed by atoms with Gasteiger partial charge in [0.15, 0.2) is 0 Å². The van der Waals surface area contributed by atoms with Gasteiger partial charge in [-0.3, -0.25) is 4.79 Å². The van der Waals surface area contributed by atoms with E-state index in [1.807, 2.05) is 0 Å². The van der Waals surface area contributed by atoms with E-state index >= 15 is 0 Å². The van der Waals surface area contributed by atoms with Gasteiger partial charge in [-0.05, 0) is 37.5 Å². The molecule has 0 aromatic heterocycles. The normalized spacial score (nSPS) is 15.4. The highest BCUT2D eigenvalue weighted by Gasteiger charge is 2.28. The van der Waals surface area contributed by atoms with Crippen LogP contribution in [0.5, 0.6) is 5.75 Å². The third-order valence-corrected chi connectivity index (χ3v) is 6.68. The molecule has 0 atom stereocenters. The van der Waals surface area contributed by atoms with Gasteiger partial charge in [0.05, 0.1) is 4.90 Å². The third kappa shape index (κ3) is 4.00. The summed E-state index contributed by atoms with van der Waals surface area (Å²) in [5.74, 6) is -4.09. The summed E-state index contributed by atoms with van der Waals surface area (Å²) >= 11 is 0. The number of halogens is 2. The predicted octanol–water partition coefficient (Wildman–Crippen LogP) is 3.41. The van der Waals surface area contributed by atoms with Crippen molar-refractivity contribution in [3.05, 3.63) is 53.1 Å². The summed E-state index contributed by atoms with van der Waals surface area (Å²) < 4.78 is 54.3. The molecule has 1 aliphatic rings. The van der Waals surface area contributed by atoms with Gasteiger partial charge in [0.2, 0.25) is 10.0 Å². The fourth-order valence-electron chi connectivity index (χ4n) is 3.18. The number of amides is 1. The number of aryl methyl sites for hydroxylation is 1. The largest absolute Gasteiger partial charge is 0.507 e. The van der Waals surface area contributed by atoms with Gasteiger partial charge >= 0.3 is 0 Å². The van der Waals surface area contributed by atoms with Gasteiger partial charge in [0.1, 0.15) is 22.9 Å². The van der Waals surface area contributed by atoms with Crippen LogP contribution in [-0.2, 0) is 10.0 Å². The Morgan fingerprint density at radius 1 is 1.11 bits per heavy atom. The smallest absolute Gasteiger partial charge is 0.262 e. The highest BCUT2D eigenvalue weighted by molar-refractivity contribution is 7.89. The minimum Gasteiger partial charge on any atom is -0.507 e. The molecule has 1 heterocycles. The molecule has 6 nitrogen and oxygen atoms in total. The molecule has 2 aromatic carbocycles. The first-order valence-electron chi connectivity index (χ1n) is 8.80. The van der Waals surface area contributed by atoms with E-state index in [4.69, 9.17) is 0 Å². The highest BCUT2D eigenvalue weighted by atomic mass is 32.2. The molecule has 1 fully saturated rings. The first-order valence-corrected chi connectivity index (χ1v) is 10.2. The number of anilines is 1. The number of carbonyl (C=O) groups is 1. The molecule has 0 radical (unpaired) electrons. The molecule has 0 spiro atoms. The molecule has 0 saturated carbocycles. The molecule has 0 bridgehead atoms. The van der Waals surface area contributed by atoms with E-state index in [-0.39, 0.29) is 10.6 Å². The SMILES string of the molecule is Cc1ccc(NC(=O)c2c(O)cc(F)cc2F)cc1S(=O)(=O)N1CCCCC1. The van der Waals surface area contributed by atoms with Crippen LogP contribution >= 0.6 is 0 Å². The van der Waals surface area contributed by atoms with Crippen LogP contribution < -0.4 is 5.32 Å². The summed E-state index contributed by atoms with van der Waals surface area (Å²) in [5, 5.41) is 12.0. The average molecular weight is 410 g/mol. The summed E-state index contributed by atoms with van der Waals surface area (Å²) in [5.41, 5.74) is -0.0869. The van der Waals surface area contributed by atoms with Crippen molar-refractivity contribution in [3.63, 3.8) is 0 Å². The number of benzene rings is 2. The van der Waals surface area contributed by atoms with Crippen molar-refractivity contribution in [2.24, 2.45) is 0 Å². The van der Waals surface area contributed by atoms with Crippen molar-refractivity contribution in [3.8, 4) is 5.75 Å². The molecule has 1 aliphatic heterocycles. The summed E-state index contributed by atoms with van der Waals surface area (Å²) in [4.78, 5) is 12.4. The number of nitrogens with zero attached hydrogens (tertiary/aromatic N) is 1. The first kappa shape index (κ1) is 20.2. The summed E-state index contributed by atoms with van der Waals surface area (Å²) in [6, 6.07) is 5.42. The van der Waals surface area contributed by atoms with E-state index in [9.17, 15) is 27.1 Å². The Bertz CT molecular complexity index is 996. The Morgan fingerprint density at radius 3 is 2.43 bits per heavy atom. The highest BCUT2D eigenvalue weighted by Crippen LogP contribution is 2.27. The van der Waals surface area contributed by atoms with Gasteiger partial charge in [-0.25, -0.2) is 17.2 Å². The maximum atomic E-state index is 13.9. The quantitative estimate of drug-likeness (QED) is 0.809. The third-order valence-electron chi connectivity index (χ3n) is 4.64. The Balaban J connectivity index is 1.91. The standard InChI is InChI=1S/C19H20F2N2O4S/c1-12-5-6-14(11-17(12)28(26,27)23-7-3-2-4-8-23)22-19(25)18-15(21)9-13(20)10-16(18)24/h5-6,9-11,24H,2-4,7-8H2,1H3,(H,22,25). The number of carbonyl (C=O) groups excluding carboxylic acids is 1. The van der Waals surface area contributed by atoms with Crippen molar-refractivity contribution in [1.29, 1.82) is 0 Å². The second kappa shape index (κ2) is 7.84. The monoisotopic (exact) mass is 410 g/mol. The Labute approximate surface area is 161 Å². The summed E-state index contributed by atoms with van der Waals surface area (Å²) in [6.45, 7) is 2.52. The lowest BCUT2D eigenvalue weighted by molar-refractivity contribution is 0.102. The molecular weight excluding hydrogens is 390 g/mol. The zero-order chi connectivity index (χ0) is 20.5. The number of piperidine rings is 1. The van der Waals surface area contributed by atoms with Crippen LogP contribution in [0.2, 0.25) is 0 Å². The first-order chi connectivity index (χ1) is 13.2. The number of hydrogen-bond donors (Lipinski definition) is 2. The molecular formula is C19H20F2N2O4S. The van der Waals surface area contributed by atoms with Crippen LogP contribution in [-0.4, -0.2) is 36.8 Å².